The van der Waals surface area contributed by atoms with Crippen LogP contribution in [0.3, 0.4) is 0 Å². The van der Waals surface area contributed by atoms with Crippen molar-refractivity contribution in [2.24, 2.45) is 4.99 Å². The van der Waals surface area contributed by atoms with E-state index in [0.29, 0.717) is 6.54 Å². The van der Waals surface area contributed by atoms with Crippen molar-refractivity contribution in [3.05, 3.63) is 75.8 Å². The van der Waals surface area contributed by atoms with Crippen molar-refractivity contribution in [3.8, 4) is 0 Å². The average molecular weight is 399 g/mol. The molecule has 0 aliphatic heterocycles. The Bertz CT molecular complexity index is 763. The maximum atomic E-state index is 10.7. The number of nitro groups is 1. The molecule has 7 heteroatoms. The Hall–Kier alpha value is -2.93. The van der Waals surface area contributed by atoms with Crippen LogP contribution in [0.4, 0.5) is 5.69 Å². The monoisotopic (exact) mass is 398 g/mol. The van der Waals surface area contributed by atoms with Crippen molar-refractivity contribution in [1.29, 1.82) is 0 Å². The molecule has 0 saturated heterocycles. The van der Waals surface area contributed by atoms with E-state index in [1.54, 1.807) is 12.1 Å². The van der Waals surface area contributed by atoms with E-state index in [1.807, 2.05) is 49.4 Å². The number of aryl methyl sites for hydroxylation is 1. The highest BCUT2D eigenvalue weighted by Gasteiger charge is 2.10. The minimum absolute atomic E-state index is 0.0196. The molecule has 2 aromatic carbocycles. The van der Waals surface area contributed by atoms with Gasteiger partial charge in [0.25, 0.3) is 5.69 Å². The van der Waals surface area contributed by atoms with Gasteiger partial charge in [-0.15, -0.1) is 0 Å². The molecule has 156 valence electrons. The van der Waals surface area contributed by atoms with Crippen LogP contribution in [0.1, 0.15) is 36.8 Å². The normalized spacial score (nSPS) is 12.4. The quantitative estimate of drug-likeness (QED) is 0.177. The third-order valence-electron chi connectivity index (χ3n) is 4.64. The zero-order chi connectivity index (χ0) is 20.9. The summed E-state index contributed by atoms with van der Waals surface area (Å²) in [6.07, 6.45) is 2.82. The molecule has 0 bridgehead atoms. The predicted molar refractivity (Wildman–Crippen MR) is 116 cm³/mol. The number of aliphatic hydroxyl groups is 1. The van der Waals surface area contributed by atoms with Crippen LogP contribution < -0.4 is 10.6 Å². The van der Waals surface area contributed by atoms with Gasteiger partial charge in [0, 0.05) is 31.1 Å². The predicted octanol–water partition coefficient (Wildman–Crippen LogP) is 3.25. The van der Waals surface area contributed by atoms with E-state index >= 15 is 0 Å². The summed E-state index contributed by atoms with van der Waals surface area (Å²) in [5, 5.41) is 26.9. The van der Waals surface area contributed by atoms with E-state index in [9.17, 15) is 15.2 Å². The van der Waals surface area contributed by atoms with Gasteiger partial charge < -0.3 is 15.7 Å². The van der Waals surface area contributed by atoms with E-state index in [-0.39, 0.29) is 23.1 Å². The summed E-state index contributed by atoms with van der Waals surface area (Å²) >= 11 is 0. The molecule has 0 radical (unpaired) electrons. The van der Waals surface area contributed by atoms with Gasteiger partial charge in [0.2, 0.25) is 0 Å². The molecular weight excluding hydrogens is 368 g/mol. The second-order valence-corrected chi connectivity index (χ2v) is 6.82. The van der Waals surface area contributed by atoms with Gasteiger partial charge in [-0.05, 0) is 37.3 Å². The van der Waals surface area contributed by atoms with Crippen molar-refractivity contribution in [2.45, 2.75) is 32.1 Å². The molecule has 0 aliphatic rings. The van der Waals surface area contributed by atoms with Gasteiger partial charge >= 0.3 is 0 Å². The Morgan fingerprint density at radius 2 is 1.83 bits per heavy atom. The van der Waals surface area contributed by atoms with Crippen LogP contribution in [0, 0.1) is 10.1 Å². The summed E-state index contributed by atoms with van der Waals surface area (Å²) in [4.78, 5) is 14.9. The SMILES string of the molecule is CCNC(=NCC(CO)c1ccccc1)NCCCCc1ccc([N+](=O)[O-])cc1. The zero-order valence-electron chi connectivity index (χ0n) is 16.9. The Morgan fingerprint density at radius 3 is 2.45 bits per heavy atom. The standard InChI is InChI=1S/C22H30N4O3/c1-2-23-22(25-16-20(17-27)19-9-4-3-5-10-19)24-15-7-6-8-18-11-13-21(14-12-18)26(28)29/h3-5,9-14,20,27H,2,6-8,15-17H2,1H3,(H2,23,24,25). The topological polar surface area (TPSA) is 99.8 Å². The number of unbranched alkanes of at least 4 members (excludes halogenated alkanes) is 1. The van der Waals surface area contributed by atoms with Crippen molar-refractivity contribution in [3.63, 3.8) is 0 Å². The molecule has 0 aliphatic carbocycles. The molecule has 2 rings (SSSR count). The number of hydrogen-bond acceptors (Lipinski definition) is 4. The van der Waals surface area contributed by atoms with Crippen LogP contribution in [0.5, 0.6) is 0 Å². The van der Waals surface area contributed by atoms with E-state index in [1.165, 1.54) is 0 Å². The molecule has 29 heavy (non-hydrogen) atoms. The molecule has 7 nitrogen and oxygen atoms in total. The summed E-state index contributed by atoms with van der Waals surface area (Å²) in [6.45, 7) is 4.14. The summed E-state index contributed by atoms with van der Waals surface area (Å²) in [5.74, 6) is 0.728. The lowest BCUT2D eigenvalue weighted by Gasteiger charge is -2.15. The molecule has 0 spiro atoms. The Morgan fingerprint density at radius 1 is 1.10 bits per heavy atom. The highest BCUT2D eigenvalue weighted by Crippen LogP contribution is 2.15. The fourth-order valence-electron chi connectivity index (χ4n) is 2.98. The van der Waals surface area contributed by atoms with Gasteiger partial charge in [-0.3, -0.25) is 15.1 Å². The first-order chi connectivity index (χ1) is 14.1. The van der Waals surface area contributed by atoms with Gasteiger partial charge in [0.1, 0.15) is 0 Å². The number of non-ortho nitro benzene ring substituents is 1. The molecule has 1 unspecified atom stereocenters. The van der Waals surface area contributed by atoms with Crippen LogP contribution in [-0.2, 0) is 6.42 Å². The number of rotatable bonds is 11. The first-order valence-corrected chi connectivity index (χ1v) is 10.0. The lowest BCUT2D eigenvalue weighted by Crippen LogP contribution is -2.38. The maximum absolute atomic E-state index is 10.7. The summed E-state index contributed by atoms with van der Waals surface area (Å²) in [7, 11) is 0. The number of nitrogens with one attached hydrogen (secondary N) is 2. The number of hydrogen-bond donors (Lipinski definition) is 3. The first-order valence-electron chi connectivity index (χ1n) is 10.0. The molecule has 0 heterocycles. The Balaban J connectivity index is 1.76. The van der Waals surface area contributed by atoms with Gasteiger partial charge in [-0.25, -0.2) is 0 Å². The van der Waals surface area contributed by atoms with Crippen LogP contribution in [0.2, 0.25) is 0 Å². The molecule has 0 saturated carbocycles. The Kier molecular flexibility index (Phi) is 9.65. The molecule has 3 N–H and O–H groups in total. The molecule has 0 amide bonds. The third kappa shape index (κ3) is 7.91. The number of benzene rings is 2. The maximum Gasteiger partial charge on any atom is 0.269 e. The van der Waals surface area contributed by atoms with Crippen molar-refractivity contribution >= 4 is 11.6 Å². The zero-order valence-corrected chi connectivity index (χ0v) is 16.9. The lowest BCUT2D eigenvalue weighted by atomic mass is 10.0. The largest absolute Gasteiger partial charge is 0.396 e. The van der Waals surface area contributed by atoms with Crippen molar-refractivity contribution in [1.82, 2.24) is 10.6 Å². The number of nitrogens with zero attached hydrogens (tertiary/aromatic N) is 2. The van der Waals surface area contributed by atoms with Crippen LogP contribution in [0.15, 0.2) is 59.6 Å². The fraction of sp³-hybridized carbons (Fsp3) is 0.409. The highest BCUT2D eigenvalue weighted by atomic mass is 16.6. The summed E-state index contributed by atoms with van der Waals surface area (Å²) in [5.41, 5.74) is 2.31. The van der Waals surface area contributed by atoms with Gasteiger partial charge in [-0.1, -0.05) is 42.5 Å². The van der Waals surface area contributed by atoms with Crippen molar-refractivity contribution < 1.29 is 10.0 Å². The number of aliphatic hydroxyl groups excluding tert-OH is 1. The summed E-state index contributed by atoms with van der Waals surface area (Å²) < 4.78 is 0. The van der Waals surface area contributed by atoms with Crippen LogP contribution >= 0.6 is 0 Å². The second-order valence-electron chi connectivity index (χ2n) is 6.82. The number of aliphatic imine (C=N–C) groups is 1. The lowest BCUT2D eigenvalue weighted by molar-refractivity contribution is -0.384. The third-order valence-corrected chi connectivity index (χ3v) is 4.64. The van der Waals surface area contributed by atoms with Gasteiger partial charge in [-0.2, -0.15) is 0 Å². The molecule has 2 aromatic rings. The Labute approximate surface area is 172 Å². The fourth-order valence-corrected chi connectivity index (χ4v) is 2.98. The minimum atomic E-state index is -0.381. The number of nitro benzene ring substituents is 1. The molecule has 0 fully saturated rings. The second kappa shape index (κ2) is 12.5. The molecular formula is C22H30N4O3. The average Bonchev–Trinajstić information content (AvgIpc) is 2.75. The van der Waals surface area contributed by atoms with Crippen LogP contribution in [0.25, 0.3) is 0 Å². The minimum Gasteiger partial charge on any atom is -0.396 e. The highest BCUT2D eigenvalue weighted by molar-refractivity contribution is 5.79. The molecule has 1 atom stereocenters. The van der Waals surface area contributed by atoms with E-state index in [4.69, 9.17) is 0 Å². The summed E-state index contributed by atoms with van der Waals surface area (Å²) in [6, 6.07) is 16.6. The van der Waals surface area contributed by atoms with E-state index < -0.39 is 0 Å². The van der Waals surface area contributed by atoms with E-state index in [2.05, 4.69) is 15.6 Å². The van der Waals surface area contributed by atoms with Crippen LogP contribution in [-0.4, -0.2) is 42.2 Å². The smallest absolute Gasteiger partial charge is 0.269 e. The number of guanidine groups is 1. The van der Waals surface area contributed by atoms with Crippen molar-refractivity contribution in [2.75, 3.05) is 26.2 Å². The molecule has 0 aromatic heterocycles. The van der Waals surface area contributed by atoms with E-state index in [0.717, 1.165) is 49.4 Å². The van der Waals surface area contributed by atoms with Gasteiger partial charge in [0.15, 0.2) is 5.96 Å². The first kappa shape index (κ1) is 22.4. The van der Waals surface area contributed by atoms with Gasteiger partial charge in [0.05, 0.1) is 18.1 Å².